The van der Waals surface area contributed by atoms with Gasteiger partial charge in [0.2, 0.25) is 5.91 Å². The average Bonchev–Trinajstić information content (AvgIpc) is 3.29. The number of carbonyl (C=O) groups excluding carboxylic acids is 1. The van der Waals surface area contributed by atoms with Gasteiger partial charge >= 0.3 is 0 Å². The van der Waals surface area contributed by atoms with Crippen LogP contribution in [0.3, 0.4) is 0 Å². The second-order valence-electron chi connectivity index (χ2n) is 7.04. The van der Waals surface area contributed by atoms with E-state index in [-0.39, 0.29) is 13.0 Å². The summed E-state index contributed by atoms with van der Waals surface area (Å²) in [5.74, 6) is 0.0448. The Balaban J connectivity index is 1.81. The smallest absolute Gasteiger partial charge is 0.237 e. The van der Waals surface area contributed by atoms with Gasteiger partial charge in [-0.15, -0.1) is 0 Å². The molecule has 3 rings (SSSR count). The van der Waals surface area contributed by atoms with E-state index in [0.29, 0.717) is 17.0 Å². The molecule has 162 valence electrons. The van der Waals surface area contributed by atoms with E-state index in [1.54, 1.807) is 4.90 Å². The van der Waals surface area contributed by atoms with Crippen LogP contribution in [0.15, 0.2) is 17.8 Å². The van der Waals surface area contributed by atoms with Gasteiger partial charge in [-0.25, -0.2) is 15.0 Å². The van der Waals surface area contributed by atoms with Gasteiger partial charge in [0.1, 0.15) is 18.5 Å². The van der Waals surface area contributed by atoms with Gasteiger partial charge in [0, 0.05) is 25.6 Å². The molecule has 5 atom stereocenters. The monoisotopic (exact) mass is 420 g/mol. The summed E-state index contributed by atoms with van der Waals surface area (Å²) in [4.78, 5) is 29.5. The predicted molar refractivity (Wildman–Crippen MR) is 105 cm³/mol. The van der Waals surface area contributed by atoms with Crippen LogP contribution < -0.4 is 16.0 Å². The quantitative estimate of drug-likeness (QED) is 0.226. The second kappa shape index (κ2) is 9.19. The van der Waals surface area contributed by atoms with E-state index in [1.165, 1.54) is 17.2 Å². The number of nitrogens with zero attached hydrogens (tertiary/aromatic N) is 8. The molecule has 1 saturated heterocycles. The van der Waals surface area contributed by atoms with Gasteiger partial charge in [-0.2, -0.15) is 0 Å². The van der Waals surface area contributed by atoms with Crippen molar-refractivity contribution >= 4 is 22.9 Å². The molecule has 0 bridgehead atoms. The van der Waals surface area contributed by atoms with E-state index in [0.717, 1.165) is 0 Å². The van der Waals surface area contributed by atoms with Crippen LogP contribution >= 0.6 is 0 Å². The number of hydrogen-bond acceptors (Lipinski definition) is 10. The molecule has 5 N–H and O–H groups in total. The Labute approximate surface area is 171 Å². The van der Waals surface area contributed by atoms with Crippen LogP contribution in [0, 0.1) is 0 Å². The van der Waals surface area contributed by atoms with Crippen LogP contribution in [0.1, 0.15) is 12.6 Å². The number of hydrogen-bond donors (Lipinski definition) is 4. The first-order chi connectivity index (χ1) is 14.4. The van der Waals surface area contributed by atoms with Crippen molar-refractivity contribution in [3.63, 3.8) is 0 Å². The van der Waals surface area contributed by atoms with Crippen molar-refractivity contribution in [3.8, 4) is 0 Å². The summed E-state index contributed by atoms with van der Waals surface area (Å²) in [6, 6.07) is -1.85. The van der Waals surface area contributed by atoms with Crippen LogP contribution in [0.2, 0.25) is 0 Å². The third kappa shape index (κ3) is 4.13. The molecule has 30 heavy (non-hydrogen) atoms. The van der Waals surface area contributed by atoms with Crippen molar-refractivity contribution in [2.24, 2.45) is 10.8 Å². The van der Waals surface area contributed by atoms with Crippen molar-refractivity contribution in [3.05, 3.63) is 23.1 Å². The molecule has 14 nitrogen and oxygen atoms in total. The highest BCUT2D eigenvalue weighted by molar-refractivity contribution is 5.83. The van der Waals surface area contributed by atoms with Crippen LogP contribution in [-0.2, 0) is 9.53 Å². The highest BCUT2D eigenvalue weighted by Crippen LogP contribution is 2.32. The summed E-state index contributed by atoms with van der Waals surface area (Å²) < 4.78 is 7.33. The first-order valence-electron chi connectivity index (χ1n) is 9.25. The van der Waals surface area contributed by atoms with Crippen LogP contribution in [-0.4, -0.2) is 87.2 Å². The Morgan fingerprint density at radius 3 is 2.93 bits per heavy atom. The lowest BCUT2D eigenvalue weighted by molar-refractivity contribution is -0.124. The number of nitrogens with one attached hydrogen (secondary N) is 1. The fourth-order valence-corrected chi connectivity index (χ4v) is 3.30. The zero-order valence-corrected chi connectivity index (χ0v) is 16.5. The standard InChI is InChI=1S/C16H24N10O4/c1-25(2)13-11-14(20-6-19-13)26(7-21-11)16-12(28)10(9(5-27)30-16)23-15(29)8(17)3-4-22-24-18/h6-10,12,16,27-28H,3-5,17H2,1-2H3,(H,23,29)/t8-,9+,10+,12+,16+/m0/s1. The number of carbonyl (C=O) groups is 1. The molecule has 2 aromatic rings. The number of amides is 1. The van der Waals surface area contributed by atoms with Gasteiger partial charge in [-0.05, 0) is 12.0 Å². The number of aliphatic hydroxyl groups excluding tert-OH is 2. The van der Waals surface area contributed by atoms with Crippen molar-refractivity contribution in [1.29, 1.82) is 0 Å². The lowest BCUT2D eigenvalue weighted by atomic mass is 10.1. The summed E-state index contributed by atoms with van der Waals surface area (Å²) in [5.41, 5.74) is 15.1. The molecular formula is C16H24N10O4. The third-order valence-electron chi connectivity index (χ3n) is 4.84. The molecule has 0 aliphatic carbocycles. The number of anilines is 1. The van der Waals surface area contributed by atoms with Gasteiger partial charge in [0.15, 0.2) is 23.2 Å². The van der Waals surface area contributed by atoms with Gasteiger partial charge < -0.3 is 30.9 Å². The highest BCUT2D eigenvalue weighted by atomic mass is 16.5. The Kier molecular flexibility index (Phi) is 6.64. The van der Waals surface area contributed by atoms with E-state index in [9.17, 15) is 15.0 Å². The molecule has 0 aromatic carbocycles. The highest BCUT2D eigenvalue weighted by Gasteiger charge is 2.46. The number of imidazole rings is 1. The van der Waals surface area contributed by atoms with E-state index in [4.69, 9.17) is 16.0 Å². The van der Waals surface area contributed by atoms with Crippen LogP contribution in [0.4, 0.5) is 5.82 Å². The average molecular weight is 420 g/mol. The number of aromatic nitrogens is 4. The summed E-state index contributed by atoms with van der Waals surface area (Å²) in [6.45, 7) is -0.368. The molecule has 1 aliphatic rings. The SMILES string of the molecule is CN(C)c1ncnc2c1ncn2[C@@H]1O[C@H](CO)[C@@H](NC(=O)[C@@H](N)CCN=[N+]=[N-])[C@H]1O. The maximum Gasteiger partial charge on any atom is 0.237 e. The fraction of sp³-hybridized carbons (Fsp3) is 0.625. The topological polar surface area (TPSA) is 200 Å². The third-order valence-corrected chi connectivity index (χ3v) is 4.84. The van der Waals surface area contributed by atoms with Crippen molar-refractivity contribution in [2.45, 2.75) is 36.9 Å². The molecule has 2 aromatic heterocycles. The first-order valence-corrected chi connectivity index (χ1v) is 9.25. The van der Waals surface area contributed by atoms with Gasteiger partial charge in [-0.3, -0.25) is 9.36 Å². The number of ether oxygens (including phenoxy) is 1. The number of rotatable bonds is 8. The molecule has 14 heteroatoms. The number of azide groups is 1. The normalized spacial score (nSPS) is 24.4. The molecular weight excluding hydrogens is 396 g/mol. The van der Waals surface area contributed by atoms with Crippen molar-refractivity contribution < 1.29 is 19.7 Å². The summed E-state index contributed by atoms with van der Waals surface area (Å²) in [5, 5.41) is 26.5. The Morgan fingerprint density at radius 2 is 2.27 bits per heavy atom. The summed E-state index contributed by atoms with van der Waals surface area (Å²) >= 11 is 0. The molecule has 1 amide bonds. The van der Waals surface area contributed by atoms with E-state index < -0.39 is 43.0 Å². The Hall–Kier alpha value is -3.03. The lowest BCUT2D eigenvalue weighted by Gasteiger charge is -2.22. The summed E-state index contributed by atoms with van der Waals surface area (Å²) in [7, 11) is 3.64. The maximum absolute atomic E-state index is 12.4. The largest absolute Gasteiger partial charge is 0.394 e. The maximum atomic E-state index is 12.4. The number of fused-ring (bicyclic) bond motifs is 1. The zero-order valence-electron chi connectivity index (χ0n) is 16.5. The van der Waals surface area contributed by atoms with Crippen LogP contribution in [0.5, 0.6) is 0 Å². The minimum absolute atomic E-state index is 0.0653. The van der Waals surface area contributed by atoms with Gasteiger partial charge in [-0.1, -0.05) is 5.11 Å². The first kappa shape index (κ1) is 21.7. The molecule has 0 unspecified atom stereocenters. The zero-order chi connectivity index (χ0) is 21.8. The molecule has 1 fully saturated rings. The van der Waals surface area contributed by atoms with E-state index in [2.05, 4.69) is 30.3 Å². The van der Waals surface area contributed by atoms with E-state index in [1.807, 2.05) is 14.1 Å². The fourth-order valence-electron chi connectivity index (χ4n) is 3.30. The minimum atomic E-state index is -1.20. The van der Waals surface area contributed by atoms with Crippen molar-refractivity contribution in [2.75, 3.05) is 32.1 Å². The lowest BCUT2D eigenvalue weighted by Crippen LogP contribution is -2.53. The molecule has 1 aliphatic heterocycles. The number of nitrogens with two attached hydrogens (primary N) is 1. The molecule has 0 saturated carbocycles. The molecule has 0 radical (unpaired) electrons. The van der Waals surface area contributed by atoms with Gasteiger partial charge in [0.25, 0.3) is 0 Å². The van der Waals surface area contributed by atoms with Crippen LogP contribution in [0.25, 0.3) is 21.6 Å². The minimum Gasteiger partial charge on any atom is -0.394 e. The molecule has 3 heterocycles. The molecule has 0 spiro atoms. The Bertz CT molecular complexity index is 943. The Morgan fingerprint density at radius 1 is 1.50 bits per heavy atom. The predicted octanol–water partition coefficient (Wildman–Crippen LogP) is -1.34. The number of aliphatic hydroxyl groups is 2. The van der Waals surface area contributed by atoms with Gasteiger partial charge in [0.05, 0.1) is 25.0 Å². The van der Waals surface area contributed by atoms with Crippen molar-refractivity contribution in [1.82, 2.24) is 24.8 Å². The summed E-state index contributed by atoms with van der Waals surface area (Å²) in [6.07, 6.45) is -0.0330. The van der Waals surface area contributed by atoms with E-state index >= 15 is 0 Å². The second-order valence-corrected chi connectivity index (χ2v) is 7.04.